The number of carbonyl (C=O) groups is 1. The minimum atomic E-state index is -4.45. The lowest BCUT2D eigenvalue weighted by molar-refractivity contribution is -0.114. The van der Waals surface area contributed by atoms with Crippen LogP contribution < -0.4 is 5.32 Å². The molecule has 0 atom stereocenters. The average Bonchev–Trinajstić information content (AvgIpc) is 2.74. The fourth-order valence-electron chi connectivity index (χ4n) is 3.16. The van der Waals surface area contributed by atoms with Crippen molar-refractivity contribution in [2.45, 2.75) is 37.1 Å². The Morgan fingerprint density at radius 2 is 1.47 bits per heavy atom. The lowest BCUT2D eigenvalue weighted by atomic mass is 10.2. The smallest absolute Gasteiger partial charge is 0.256 e. The molecule has 9 heteroatoms. The largest absolute Gasteiger partial charge is 0.326 e. The molecule has 0 aliphatic carbocycles. The fraction of sp³-hybridized carbons (Fsp3) is 0.174. The number of nitrogens with one attached hydrogen (secondary N) is 1. The number of aryl methyl sites for hydroxylation is 2. The van der Waals surface area contributed by atoms with E-state index in [2.05, 4.69) is 5.32 Å². The van der Waals surface area contributed by atoms with Gasteiger partial charge in [0.25, 0.3) is 20.0 Å². The molecule has 0 fully saturated rings. The summed E-state index contributed by atoms with van der Waals surface area (Å²) in [6.07, 6.45) is 0. The van der Waals surface area contributed by atoms with E-state index in [1.807, 2.05) is 0 Å². The van der Waals surface area contributed by atoms with Crippen LogP contribution in [0.25, 0.3) is 0 Å². The summed E-state index contributed by atoms with van der Waals surface area (Å²) in [5, 5.41) is 2.56. The van der Waals surface area contributed by atoms with Crippen molar-refractivity contribution in [3.8, 4) is 0 Å². The van der Waals surface area contributed by atoms with Crippen LogP contribution in [-0.2, 0) is 31.4 Å². The molecule has 0 saturated heterocycles. The highest BCUT2D eigenvalue weighted by Crippen LogP contribution is 2.29. The van der Waals surface area contributed by atoms with E-state index in [1.54, 1.807) is 56.3 Å². The lowest BCUT2D eigenvalue weighted by Crippen LogP contribution is -2.36. The molecule has 168 valence electrons. The number of sulfonamides is 2. The number of hydrogen-bond donors (Lipinski definition) is 1. The molecule has 0 aliphatic heterocycles. The molecular formula is C23H24N2O5S2. The fourth-order valence-corrected chi connectivity index (χ4v) is 7.07. The first-order valence-electron chi connectivity index (χ1n) is 9.78. The molecule has 0 heterocycles. The van der Waals surface area contributed by atoms with Gasteiger partial charge < -0.3 is 5.32 Å². The van der Waals surface area contributed by atoms with Crippen molar-refractivity contribution in [2.75, 3.05) is 5.32 Å². The van der Waals surface area contributed by atoms with Gasteiger partial charge in [-0.2, -0.15) is 0 Å². The Balaban J connectivity index is 2.14. The van der Waals surface area contributed by atoms with Crippen molar-refractivity contribution in [3.63, 3.8) is 0 Å². The molecule has 3 aromatic rings. The number of rotatable bonds is 7. The molecule has 3 rings (SSSR count). The summed E-state index contributed by atoms with van der Waals surface area (Å²) in [6, 6.07) is 18.8. The Labute approximate surface area is 188 Å². The van der Waals surface area contributed by atoms with Gasteiger partial charge in [-0.05, 0) is 60.9 Å². The molecule has 0 saturated carbocycles. The van der Waals surface area contributed by atoms with Gasteiger partial charge in [-0.15, -0.1) is 0 Å². The minimum Gasteiger partial charge on any atom is -0.326 e. The third kappa shape index (κ3) is 5.07. The normalized spacial score (nSPS) is 12.0. The minimum absolute atomic E-state index is 0.0631. The molecule has 1 amide bonds. The van der Waals surface area contributed by atoms with E-state index < -0.39 is 20.0 Å². The number of nitrogens with zero attached hydrogens (tertiary/aromatic N) is 1. The second-order valence-electron chi connectivity index (χ2n) is 7.40. The third-order valence-electron chi connectivity index (χ3n) is 4.78. The molecule has 0 aliphatic rings. The standard InChI is InChI=1S/C23H24N2O5S2/c1-17-9-10-18(2)23(15-17)32(29,30)25(16-20-7-5-4-6-8-20)31(27,28)22-13-11-21(12-14-22)24-19(3)26/h4-15H,16H2,1-3H3,(H,24,26). The van der Waals surface area contributed by atoms with Crippen molar-refractivity contribution in [1.29, 1.82) is 0 Å². The van der Waals surface area contributed by atoms with Gasteiger partial charge in [0.05, 0.1) is 16.3 Å². The van der Waals surface area contributed by atoms with E-state index in [1.165, 1.54) is 37.3 Å². The summed E-state index contributed by atoms with van der Waals surface area (Å²) in [7, 11) is -8.86. The first-order valence-corrected chi connectivity index (χ1v) is 12.7. The highest BCUT2D eigenvalue weighted by Gasteiger charge is 2.37. The van der Waals surface area contributed by atoms with E-state index in [0.29, 0.717) is 26.1 Å². The van der Waals surface area contributed by atoms with E-state index in [9.17, 15) is 21.6 Å². The maximum absolute atomic E-state index is 13.6. The number of hydrogen-bond acceptors (Lipinski definition) is 5. The van der Waals surface area contributed by atoms with Gasteiger partial charge in [-0.3, -0.25) is 4.79 Å². The summed E-state index contributed by atoms with van der Waals surface area (Å²) in [4.78, 5) is 11.0. The predicted octanol–water partition coefficient (Wildman–Crippen LogP) is 3.84. The Kier molecular flexibility index (Phi) is 6.82. The van der Waals surface area contributed by atoms with Crippen LogP contribution in [0.15, 0.2) is 82.6 Å². The molecule has 0 bridgehead atoms. The van der Waals surface area contributed by atoms with Crippen LogP contribution in [0.5, 0.6) is 0 Å². The highest BCUT2D eigenvalue weighted by molar-refractivity contribution is 8.04. The Bertz CT molecular complexity index is 1330. The summed E-state index contributed by atoms with van der Waals surface area (Å²) in [5.41, 5.74) is 2.08. The lowest BCUT2D eigenvalue weighted by Gasteiger charge is -2.23. The molecule has 0 radical (unpaired) electrons. The zero-order valence-electron chi connectivity index (χ0n) is 17.9. The van der Waals surface area contributed by atoms with Crippen LogP contribution >= 0.6 is 0 Å². The topological polar surface area (TPSA) is 101 Å². The van der Waals surface area contributed by atoms with Crippen molar-refractivity contribution in [2.24, 2.45) is 0 Å². The van der Waals surface area contributed by atoms with Gasteiger partial charge in [0.1, 0.15) is 0 Å². The van der Waals surface area contributed by atoms with E-state index >= 15 is 0 Å². The SMILES string of the molecule is CC(=O)Nc1ccc(S(=O)(=O)N(Cc2ccccc2)S(=O)(=O)c2cc(C)ccc2C)cc1. The van der Waals surface area contributed by atoms with Crippen molar-refractivity contribution in [3.05, 3.63) is 89.5 Å². The van der Waals surface area contributed by atoms with Gasteiger partial charge >= 0.3 is 0 Å². The molecule has 32 heavy (non-hydrogen) atoms. The average molecular weight is 473 g/mol. The van der Waals surface area contributed by atoms with Gasteiger partial charge in [-0.1, -0.05) is 46.2 Å². The predicted molar refractivity (Wildman–Crippen MR) is 123 cm³/mol. The number of carbonyl (C=O) groups excluding carboxylic acids is 1. The maximum atomic E-state index is 13.6. The van der Waals surface area contributed by atoms with Crippen LogP contribution in [0.4, 0.5) is 5.69 Å². The zero-order chi connectivity index (χ0) is 23.5. The van der Waals surface area contributed by atoms with E-state index in [0.717, 1.165) is 0 Å². The number of anilines is 1. The molecular weight excluding hydrogens is 448 g/mol. The molecule has 3 aromatic carbocycles. The van der Waals surface area contributed by atoms with Crippen molar-refractivity contribution in [1.82, 2.24) is 3.71 Å². The van der Waals surface area contributed by atoms with Crippen LogP contribution in [0, 0.1) is 13.8 Å². The molecule has 0 spiro atoms. The Morgan fingerprint density at radius 3 is 2.06 bits per heavy atom. The number of amides is 1. The zero-order valence-corrected chi connectivity index (χ0v) is 19.6. The summed E-state index contributed by atoms with van der Waals surface area (Å²) < 4.78 is 54.9. The summed E-state index contributed by atoms with van der Waals surface area (Å²) in [6.45, 7) is 4.35. The second kappa shape index (κ2) is 9.23. The quantitative estimate of drug-likeness (QED) is 0.563. The Morgan fingerprint density at radius 1 is 0.844 bits per heavy atom. The summed E-state index contributed by atoms with van der Waals surface area (Å²) in [5.74, 6) is -0.302. The molecule has 0 aromatic heterocycles. The van der Waals surface area contributed by atoms with E-state index in [4.69, 9.17) is 0 Å². The molecule has 7 nitrogen and oxygen atoms in total. The van der Waals surface area contributed by atoms with Crippen molar-refractivity contribution < 1.29 is 21.6 Å². The van der Waals surface area contributed by atoms with Gasteiger partial charge in [0.2, 0.25) is 5.91 Å². The third-order valence-corrected chi connectivity index (χ3v) is 9.16. The van der Waals surface area contributed by atoms with E-state index in [-0.39, 0.29) is 22.2 Å². The van der Waals surface area contributed by atoms with Crippen LogP contribution in [-0.4, -0.2) is 26.5 Å². The van der Waals surface area contributed by atoms with Crippen LogP contribution in [0.3, 0.4) is 0 Å². The monoisotopic (exact) mass is 472 g/mol. The first kappa shape index (κ1) is 23.6. The van der Waals surface area contributed by atoms with Gasteiger partial charge in [-0.25, -0.2) is 16.8 Å². The Hall–Kier alpha value is -3.01. The summed E-state index contributed by atoms with van der Waals surface area (Å²) >= 11 is 0. The maximum Gasteiger partial charge on any atom is 0.256 e. The molecule has 1 N–H and O–H groups in total. The second-order valence-corrected chi connectivity index (χ2v) is 11.3. The highest BCUT2D eigenvalue weighted by atomic mass is 32.3. The van der Waals surface area contributed by atoms with Gasteiger partial charge in [0.15, 0.2) is 0 Å². The van der Waals surface area contributed by atoms with Crippen LogP contribution in [0.2, 0.25) is 0 Å². The van der Waals surface area contributed by atoms with Crippen LogP contribution in [0.1, 0.15) is 23.6 Å². The first-order chi connectivity index (χ1) is 15.0. The molecule has 0 unspecified atom stereocenters. The number of benzene rings is 3. The van der Waals surface area contributed by atoms with Crippen molar-refractivity contribution >= 4 is 31.6 Å². The van der Waals surface area contributed by atoms with Gasteiger partial charge in [0, 0.05) is 12.6 Å².